The van der Waals surface area contributed by atoms with Crippen molar-refractivity contribution in [3.8, 4) is 0 Å². The molecule has 1 aromatic carbocycles. The van der Waals surface area contributed by atoms with Crippen LogP contribution in [0.3, 0.4) is 0 Å². The summed E-state index contributed by atoms with van der Waals surface area (Å²) in [6, 6.07) is 6.56. The molecule has 1 unspecified atom stereocenters. The van der Waals surface area contributed by atoms with E-state index >= 15 is 0 Å². The summed E-state index contributed by atoms with van der Waals surface area (Å²) >= 11 is 13.5. The first-order chi connectivity index (χ1) is 12.5. The summed E-state index contributed by atoms with van der Waals surface area (Å²) in [5.74, 6) is -0.142. The van der Waals surface area contributed by atoms with Crippen LogP contribution in [0.1, 0.15) is 31.2 Å². The molecule has 0 radical (unpaired) electrons. The number of hydrogen-bond acceptors (Lipinski definition) is 3. The molecule has 4 nitrogen and oxygen atoms in total. The molecule has 1 aliphatic rings. The van der Waals surface area contributed by atoms with E-state index in [4.69, 9.17) is 23.2 Å². The predicted octanol–water partition coefficient (Wildman–Crippen LogP) is 5.01. The van der Waals surface area contributed by atoms with Gasteiger partial charge < -0.3 is 10.2 Å². The van der Waals surface area contributed by atoms with Crippen molar-refractivity contribution in [2.24, 2.45) is 0 Å². The Labute approximate surface area is 167 Å². The molecule has 1 aromatic heterocycles. The largest absolute Gasteiger partial charge is 0.331 e. The van der Waals surface area contributed by atoms with E-state index in [0.717, 1.165) is 18.4 Å². The summed E-state index contributed by atoms with van der Waals surface area (Å²) in [5.41, 5.74) is 1.75. The van der Waals surface area contributed by atoms with Crippen LogP contribution in [0.25, 0.3) is 0 Å². The Morgan fingerprint density at radius 1 is 1.19 bits per heavy atom. The van der Waals surface area contributed by atoms with Crippen molar-refractivity contribution < 1.29 is 9.59 Å². The highest BCUT2D eigenvalue weighted by molar-refractivity contribution is 7.07. The molecule has 2 heterocycles. The standard InChI is InChI=1S/C19H20Cl2N2O2S/c20-15-6-5-14(11-16(15)21)22-19(25)17-3-1-2-9-23(17)18(24)7-4-13-8-10-26-12-13/h5-6,8,10-12,17H,1-4,7,9H2,(H,22,25). The minimum Gasteiger partial charge on any atom is -0.331 e. The van der Waals surface area contributed by atoms with Crippen molar-refractivity contribution in [2.45, 2.75) is 38.1 Å². The highest BCUT2D eigenvalue weighted by Gasteiger charge is 2.31. The van der Waals surface area contributed by atoms with Crippen LogP contribution in [0.2, 0.25) is 10.0 Å². The van der Waals surface area contributed by atoms with Gasteiger partial charge in [0, 0.05) is 18.7 Å². The van der Waals surface area contributed by atoms with Gasteiger partial charge in [0.05, 0.1) is 10.0 Å². The Bertz CT molecular complexity index is 780. The van der Waals surface area contributed by atoms with Gasteiger partial charge in [-0.2, -0.15) is 11.3 Å². The van der Waals surface area contributed by atoms with E-state index < -0.39 is 6.04 Å². The molecule has 2 amide bonds. The molecule has 1 saturated heterocycles. The van der Waals surface area contributed by atoms with Gasteiger partial charge in [-0.3, -0.25) is 9.59 Å². The van der Waals surface area contributed by atoms with Gasteiger partial charge in [0.2, 0.25) is 11.8 Å². The number of aryl methyl sites for hydroxylation is 1. The highest BCUT2D eigenvalue weighted by Crippen LogP contribution is 2.26. The summed E-state index contributed by atoms with van der Waals surface area (Å²) < 4.78 is 0. The number of thiophene rings is 1. The van der Waals surface area contributed by atoms with Gasteiger partial charge in [0.25, 0.3) is 0 Å². The van der Waals surface area contributed by atoms with Crippen LogP contribution in [0.15, 0.2) is 35.0 Å². The van der Waals surface area contributed by atoms with Gasteiger partial charge in [-0.1, -0.05) is 23.2 Å². The minimum absolute atomic E-state index is 0.0326. The molecule has 1 aliphatic heterocycles. The molecule has 0 aliphatic carbocycles. The van der Waals surface area contributed by atoms with E-state index in [9.17, 15) is 9.59 Å². The fourth-order valence-corrected chi connectivity index (χ4v) is 4.13. The van der Waals surface area contributed by atoms with Crippen LogP contribution >= 0.6 is 34.5 Å². The SMILES string of the molecule is O=C(Nc1ccc(Cl)c(Cl)c1)C1CCCCN1C(=O)CCc1ccsc1. The molecular weight excluding hydrogens is 391 g/mol. The number of rotatable bonds is 5. The number of nitrogens with zero attached hydrogens (tertiary/aromatic N) is 1. The maximum absolute atomic E-state index is 12.7. The molecule has 0 spiro atoms. The summed E-state index contributed by atoms with van der Waals surface area (Å²) in [5, 5.41) is 7.75. The monoisotopic (exact) mass is 410 g/mol. The van der Waals surface area contributed by atoms with Crippen molar-refractivity contribution in [1.82, 2.24) is 4.90 Å². The second-order valence-corrected chi connectivity index (χ2v) is 7.94. The number of hydrogen-bond donors (Lipinski definition) is 1. The second kappa shape index (κ2) is 8.89. The number of carbonyl (C=O) groups is 2. The molecule has 1 fully saturated rings. The Hall–Kier alpha value is -1.56. The van der Waals surface area contributed by atoms with Crippen LogP contribution in [0.5, 0.6) is 0 Å². The van der Waals surface area contributed by atoms with Crippen molar-refractivity contribution in [3.05, 3.63) is 50.6 Å². The van der Waals surface area contributed by atoms with E-state index in [0.29, 0.717) is 41.5 Å². The number of benzene rings is 1. The lowest BCUT2D eigenvalue weighted by Crippen LogP contribution is -2.50. The van der Waals surface area contributed by atoms with Gasteiger partial charge in [0.15, 0.2) is 0 Å². The summed E-state index contributed by atoms with van der Waals surface area (Å²) in [4.78, 5) is 27.1. The smallest absolute Gasteiger partial charge is 0.247 e. The molecule has 1 N–H and O–H groups in total. The van der Waals surface area contributed by atoms with Crippen LogP contribution in [-0.4, -0.2) is 29.3 Å². The lowest BCUT2D eigenvalue weighted by molar-refractivity contribution is -0.140. The maximum atomic E-state index is 12.7. The average molecular weight is 411 g/mol. The number of amides is 2. The van der Waals surface area contributed by atoms with E-state index in [1.807, 2.05) is 11.4 Å². The Morgan fingerprint density at radius 2 is 2.04 bits per heavy atom. The lowest BCUT2D eigenvalue weighted by atomic mass is 10.00. The number of likely N-dealkylation sites (tertiary alicyclic amines) is 1. The predicted molar refractivity (Wildman–Crippen MR) is 107 cm³/mol. The van der Waals surface area contributed by atoms with Crippen LogP contribution in [0.4, 0.5) is 5.69 Å². The van der Waals surface area contributed by atoms with Crippen molar-refractivity contribution in [2.75, 3.05) is 11.9 Å². The first-order valence-electron chi connectivity index (χ1n) is 8.61. The zero-order chi connectivity index (χ0) is 18.5. The quantitative estimate of drug-likeness (QED) is 0.752. The van der Waals surface area contributed by atoms with Gasteiger partial charge in [0.1, 0.15) is 6.04 Å². The number of halogens is 2. The third kappa shape index (κ3) is 4.78. The molecule has 7 heteroatoms. The summed E-state index contributed by atoms with van der Waals surface area (Å²) in [7, 11) is 0. The number of piperidine rings is 1. The van der Waals surface area contributed by atoms with E-state index in [1.54, 1.807) is 34.4 Å². The fourth-order valence-electron chi connectivity index (χ4n) is 3.13. The first-order valence-corrected chi connectivity index (χ1v) is 10.3. The van der Waals surface area contributed by atoms with Crippen molar-refractivity contribution in [3.63, 3.8) is 0 Å². The third-order valence-corrected chi connectivity index (χ3v) is 5.99. The first kappa shape index (κ1) is 19.2. The minimum atomic E-state index is -0.437. The molecule has 1 atom stereocenters. The maximum Gasteiger partial charge on any atom is 0.247 e. The van der Waals surface area contributed by atoms with Gasteiger partial charge in [-0.25, -0.2) is 0 Å². The number of anilines is 1. The Balaban J connectivity index is 1.64. The normalized spacial score (nSPS) is 17.2. The molecule has 0 saturated carbocycles. The van der Waals surface area contributed by atoms with Crippen molar-refractivity contribution in [1.29, 1.82) is 0 Å². The number of carbonyl (C=O) groups excluding carboxylic acids is 2. The molecular formula is C19H20Cl2N2O2S. The van der Waals surface area contributed by atoms with Gasteiger partial charge in [-0.05, 0) is 66.3 Å². The zero-order valence-corrected chi connectivity index (χ0v) is 16.5. The van der Waals surface area contributed by atoms with Crippen LogP contribution in [0, 0.1) is 0 Å². The van der Waals surface area contributed by atoms with E-state index in [-0.39, 0.29) is 11.8 Å². The Kier molecular flexibility index (Phi) is 6.57. The number of nitrogens with one attached hydrogen (secondary N) is 1. The van der Waals surface area contributed by atoms with E-state index in [2.05, 4.69) is 10.7 Å². The summed E-state index contributed by atoms with van der Waals surface area (Å²) in [6.07, 6.45) is 3.68. The van der Waals surface area contributed by atoms with Gasteiger partial charge >= 0.3 is 0 Å². The molecule has 0 bridgehead atoms. The van der Waals surface area contributed by atoms with Crippen LogP contribution < -0.4 is 5.32 Å². The van der Waals surface area contributed by atoms with Crippen LogP contribution in [-0.2, 0) is 16.0 Å². The second-order valence-electron chi connectivity index (χ2n) is 6.35. The van der Waals surface area contributed by atoms with Gasteiger partial charge in [-0.15, -0.1) is 0 Å². The Morgan fingerprint density at radius 3 is 2.77 bits per heavy atom. The van der Waals surface area contributed by atoms with E-state index in [1.165, 1.54) is 0 Å². The topological polar surface area (TPSA) is 49.4 Å². The summed E-state index contributed by atoms with van der Waals surface area (Å²) in [6.45, 7) is 0.627. The third-order valence-electron chi connectivity index (χ3n) is 4.52. The van der Waals surface area contributed by atoms with Crippen molar-refractivity contribution >= 4 is 52.0 Å². The highest BCUT2D eigenvalue weighted by atomic mass is 35.5. The molecule has 3 rings (SSSR count). The average Bonchev–Trinajstić information content (AvgIpc) is 3.16. The molecule has 2 aromatic rings. The fraction of sp³-hybridized carbons (Fsp3) is 0.368. The lowest BCUT2D eigenvalue weighted by Gasteiger charge is -2.34. The zero-order valence-electron chi connectivity index (χ0n) is 14.2. The molecule has 26 heavy (non-hydrogen) atoms. The molecule has 138 valence electrons.